The lowest BCUT2D eigenvalue weighted by atomic mass is 9.98. The van der Waals surface area contributed by atoms with E-state index in [1.807, 2.05) is 13.8 Å². The number of nitrogens with one attached hydrogen (secondary N) is 1. The average molecular weight is 311 g/mol. The third-order valence-corrected chi connectivity index (χ3v) is 4.25. The first-order valence-electron chi connectivity index (χ1n) is 6.35. The Hall–Kier alpha value is -1.98. The third-order valence-electron chi connectivity index (χ3n) is 2.79. The SMILES string of the molecule is CC(C)CC(CNS(=O)(=O)c1cccnc1C#N)C(=O)O. The molecule has 0 saturated heterocycles. The molecule has 1 unspecified atom stereocenters. The number of carbonyl (C=O) groups is 1. The summed E-state index contributed by atoms with van der Waals surface area (Å²) in [6, 6.07) is 4.35. The molecule has 0 bridgehead atoms. The molecule has 0 spiro atoms. The Morgan fingerprint density at radius 2 is 2.19 bits per heavy atom. The number of nitrogens with zero attached hydrogens (tertiary/aromatic N) is 2. The first kappa shape index (κ1) is 17.1. The molecule has 1 atom stereocenters. The maximum atomic E-state index is 12.1. The number of carboxylic acid groups (broad SMARTS) is 1. The third kappa shape index (κ3) is 4.81. The molecule has 8 heteroatoms. The van der Waals surface area contributed by atoms with Gasteiger partial charge in [0.05, 0.1) is 5.92 Å². The van der Waals surface area contributed by atoms with Crippen LogP contribution in [0.3, 0.4) is 0 Å². The molecule has 21 heavy (non-hydrogen) atoms. The lowest BCUT2D eigenvalue weighted by Gasteiger charge is -2.15. The number of aromatic nitrogens is 1. The fourth-order valence-corrected chi connectivity index (χ4v) is 3.01. The Kier molecular flexibility index (Phi) is 5.81. The summed E-state index contributed by atoms with van der Waals surface area (Å²) in [5, 5.41) is 18.0. The van der Waals surface area contributed by atoms with Crippen molar-refractivity contribution in [2.75, 3.05) is 6.54 Å². The highest BCUT2D eigenvalue weighted by molar-refractivity contribution is 7.89. The number of pyridine rings is 1. The van der Waals surface area contributed by atoms with Crippen LogP contribution in [0.25, 0.3) is 0 Å². The van der Waals surface area contributed by atoms with Gasteiger partial charge in [0.2, 0.25) is 10.0 Å². The Balaban J connectivity index is 2.90. The summed E-state index contributed by atoms with van der Waals surface area (Å²) in [5.41, 5.74) is -0.222. The molecule has 0 aliphatic rings. The van der Waals surface area contributed by atoms with E-state index in [2.05, 4.69) is 9.71 Å². The normalized spacial score (nSPS) is 12.9. The molecule has 0 aliphatic heterocycles. The van der Waals surface area contributed by atoms with Gasteiger partial charge in [-0.15, -0.1) is 0 Å². The molecule has 0 saturated carbocycles. The van der Waals surface area contributed by atoms with Crippen molar-refractivity contribution in [3.63, 3.8) is 0 Å². The van der Waals surface area contributed by atoms with Gasteiger partial charge in [-0.05, 0) is 24.5 Å². The number of aliphatic carboxylic acids is 1. The number of sulfonamides is 1. The molecular weight excluding hydrogens is 294 g/mol. The van der Waals surface area contributed by atoms with Crippen LogP contribution in [-0.4, -0.2) is 31.0 Å². The molecule has 114 valence electrons. The van der Waals surface area contributed by atoms with Crippen LogP contribution in [0.1, 0.15) is 26.0 Å². The van der Waals surface area contributed by atoms with Crippen LogP contribution in [0.15, 0.2) is 23.2 Å². The van der Waals surface area contributed by atoms with Crippen LogP contribution >= 0.6 is 0 Å². The molecule has 0 fully saturated rings. The fraction of sp³-hybridized carbons (Fsp3) is 0.462. The lowest BCUT2D eigenvalue weighted by molar-refractivity contribution is -0.142. The van der Waals surface area contributed by atoms with E-state index in [-0.39, 0.29) is 23.1 Å². The highest BCUT2D eigenvalue weighted by Crippen LogP contribution is 2.15. The topological polar surface area (TPSA) is 120 Å². The molecule has 0 amide bonds. The lowest BCUT2D eigenvalue weighted by Crippen LogP contribution is -2.34. The molecule has 0 aliphatic carbocycles. The minimum atomic E-state index is -3.97. The van der Waals surface area contributed by atoms with E-state index in [1.54, 1.807) is 6.07 Å². The molecule has 1 rings (SSSR count). The van der Waals surface area contributed by atoms with Crippen LogP contribution < -0.4 is 4.72 Å². The van der Waals surface area contributed by atoms with E-state index < -0.39 is 21.9 Å². The number of nitriles is 1. The summed E-state index contributed by atoms with van der Waals surface area (Å²) in [7, 11) is -3.97. The van der Waals surface area contributed by atoms with Crippen LogP contribution in [0.5, 0.6) is 0 Å². The molecular formula is C13H17N3O4S. The Morgan fingerprint density at radius 3 is 2.71 bits per heavy atom. The van der Waals surface area contributed by atoms with Gasteiger partial charge in [0.15, 0.2) is 5.69 Å². The van der Waals surface area contributed by atoms with E-state index >= 15 is 0 Å². The highest BCUT2D eigenvalue weighted by Gasteiger charge is 2.24. The van der Waals surface area contributed by atoms with Crippen LogP contribution in [0, 0.1) is 23.2 Å². The Labute approximate surface area is 123 Å². The van der Waals surface area contributed by atoms with Crippen molar-refractivity contribution < 1.29 is 18.3 Å². The van der Waals surface area contributed by atoms with Gasteiger partial charge in [0.1, 0.15) is 11.0 Å². The van der Waals surface area contributed by atoms with Crippen molar-refractivity contribution >= 4 is 16.0 Å². The van der Waals surface area contributed by atoms with Crippen molar-refractivity contribution in [2.24, 2.45) is 11.8 Å². The molecule has 1 heterocycles. The fourth-order valence-electron chi connectivity index (χ4n) is 1.82. The number of rotatable bonds is 7. The van der Waals surface area contributed by atoms with Gasteiger partial charge in [-0.1, -0.05) is 13.8 Å². The van der Waals surface area contributed by atoms with Crippen molar-refractivity contribution in [3.8, 4) is 6.07 Å². The zero-order valence-corrected chi connectivity index (χ0v) is 12.6. The van der Waals surface area contributed by atoms with Gasteiger partial charge < -0.3 is 5.11 Å². The van der Waals surface area contributed by atoms with E-state index in [0.29, 0.717) is 6.42 Å². The zero-order valence-electron chi connectivity index (χ0n) is 11.8. The summed E-state index contributed by atoms with van der Waals surface area (Å²) >= 11 is 0. The van der Waals surface area contributed by atoms with Crippen molar-refractivity contribution in [3.05, 3.63) is 24.0 Å². The summed E-state index contributed by atoms with van der Waals surface area (Å²) < 4.78 is 26.5. The molecule has 7 nitrogen and oxygen atoms in total. The van der Waals surface area contributed by atoms with Crippen molar-refractivity contribution in [1.82, 2.24) is 9.71 Å². The first-order chi connectivity index (χ1) is 9.77. The molecule has 0 radical (unpaired) electrons. The second kappa shape index (κ2) is 7.15. The average Bonchev–Trinajstić information content (AvgIpc) is 2.42. The van der Waals surface area contributed by atoms with Crippen LogP contribution in [0.2, 0.25) is 0 Å². The zero-order chi connectivity index (χ0) is 16.0. The van der Waals surface area contributed by atoms with E-state index in [9.17, 15) is 13.2 Å². The second-order valence-corrected chi connectivity index (χ2v) is 6.71. The second-order valence-electron chi connectivity index (χ2n) is 4.98. The number of hydrogen-bond donors (Lipinski definition) is 2. The predicted octanol–water partition coefficient (Wildman–Crippen LogP) is 0.978. The van der Waals surface area contributed by atoms with Gasteiger partial charge in [0, 0.05) is 12.7 Å². The maximum Gasteiger partial charge on any atom is 0.307 e. The molecule has 1 aromatic heterocycles. The van der Waals surface area contributed by atoms with Crippen LogP contribution in [0.4, 0.5) is 0 Å². The largest absolute Gasteiger partial charge is 0.481 e. The molecule has 2 N–H and O–H groups in total. The molecule has 1 aromatic rings. The summed E-state index contributed by atoms with van der Waals surface area (Å²) in [6.45, 7) is 3.49. The Morgan fingerprint density at radius 1 is 1.52 bits per heavy atom. The van der Waals surface area contributed by atoms with Gasteiger partial charge in [-0.3, -0.25) is 4.79 Å². The minimum Gasteiger partial charge on any atom is -0.481 e. The summed E-state index contributed by atoms with van der Waals surface area (Å²) in [6.07, 6.45) is 1.67. The van der Waals surface area contributed by atoms with E-state index in [4.69, 9.17) is 10.4 Å². The van der Waals surface area contributed by atoms with Gasteiger partial charge in [-0.25, -0.2) is 18.1 Å². The quantitative estimate of drug-likeness (QED) is 0.774. The maximum absolute atomic E-state index is 12.1. The van der Waals surface area contributed by atoms with Crippen molar-refractivity contribution in [1.29, 1.82) is 5.26 Å². The summed E-state index contributed by atoms with van der Waals surface area (Å²) in [4.78, 5) is 14.5. The smallest absolute Gasteiger partial charge is 0.307 e. The first-order valence-corrected chi connectivity index (χ1v) is 7.83. The number of hydrogen-bond acceptors (Lipinski definition) is 5. The minimum absolute atomic E-state index is 0.128. The summed E-state index contributed by atoms with van der Waals surface area (Å²) in [5.74, 6) is -1.75. The van der Waals surface area contributed by atoms with E-state index in [1.165, 1.54) is 18.3 Å². The van der Waals surface area contributed by atoms with Gasteiger partial charge >= 0.3 is 5.97 Å². The molecule has 0 aromatic carbocycles. The standard InChI is InChI=1S/C13H17N3O4S/c1-9(2)6-10(13(17)18)8-16-21(19,20)12-4-3-5-15-11(12)7-14/h3-5,9-10,16H,6,8H2,1-2H3,(H,17,18). The highest BCUT2D eigenvalue weighted by atomic mass is 32.2. The van der Waals surface area contributed by atoms with E-state index in [0.717, 1.165) is 0 Å². The van der Waals surface area contributed by atoms with Crippen LogP contribution in [-0.2, 0) is 14.8 Å². The van der Waals surface area contributed by atoms with Gasteiger partial charge in [0.25, 0.3) is 0 Å². The predicted molar refractivity (Wildman–Crippen MR) is 74.7 cm³/mol. The monoisotopic (exact) mass is 311 g/mol. The van der Waals surface area contributed by atoms with Gasteiger partial charge in [-0.2, -0.15) is 5.26 Å². The van der Waals surface area contributed by atoms with Crippen molar-refractivity contribution in [2.45, 2.75) is 25.2 Å². The Bertz CT molecular complexity index is 650. The number of carboxylic acids is 1.